The molecule has 0 heterocycles. The molecule has 1 aliphatic carbocycles. The number of rotatable bonds is 6. The van der Waals surface area contributed by atoms with Crippen LogP contribution in [0, 0.1) is 0 Å². The van der Waals surface area contributed by atoms with E-state index < -0.39 is 0 Å². The quantitative estimate of drug-likeness (QED) is 0.569. The van der Waals surface area contributed by atoms with Crippen LogP contribution in [0.5, 0.6) is 0 Å². The molecular formula is C9H19NO. The van der Waals surface area contributed by atoms with Crippen LogP contribution in [0.2, 0.25) is 0 Å². The van der Waals surface area contributed by atoms with Gasteiger partial charge in [0.25, 0.3) is 0 Å². The SMILES string of the molecule is CC1(NCCCCCO)CC1. The van der Waals surface area contributed by atoms with E-state index in [0.29, 0.717) is 12.1 Å². The Morgan fingerprint density at radius 2 is 2.00 bits per heavy atom. The predicted molar refractivity (Wildman–Crippen MR) is 46.6 cm³/mol. The average Bonchev–Trinajstić information content (AvgIpc) is 2.69. The molecule has 1 aliphatic rings. The molecule has 0 saturated heterocycles. The van der Waals surface area contributed by atoms with E-state index in [0.717, 1.165) is 19.4 Å². The van der Waals surface area contributed by atoms with Crippen LogP contribution in [0.15, 0.2) is 0 Å². The molecule has 0 amide bonds. The second-order valence-corrected chi connectivity index (χ2v) is 3.77. The summed E-state index contributed by atoms with van der Waals surface area (Å²) in [5, 5.41) is 12.0. The molecule has 0 atom stereocenters. The third-order valence-electron chi connectivity index (χ3n) is 2.39. The lowest BCUT2D eigenvalue weighted by Gasteiger charge is -2.09. The monoisotopic (exact) mass is 157 g/mol. The number of unbranched alkanes of at least 4 members (excludes halogenated alkanes) is 2. The van der Waals surface area contributed by atoms with E-state index in [2.05, 4.69) is 12.2 Å². The summed E-state index contributed by atoms with van der Waals surface area (Å²) in [5.41, 5.74) is 0.485. The van der Waals surface area contributed by atoms with Gasteiger partial charge in [0.15, 0.2) is 0 Å². The van der Waals surface area contributed by atoms with Crippen LogP contribution in [0.1, 0.15) is 39.0 Å². The first-order valence-corrected chi connectivity index (χ1v) is 4.63. The average molecular weight is 157 g/mol. The summed E-state index contributed by atoms with van der Waals surface area (Å²) in [7, 11) is 0. The van der Waals surface area contributed by atoms with Gasteiger partial charge in [0.2, 0.25) is 0 Å². The van der Waals surface area contributed by atoms with Crippen molar-refractivity contribution in [2.75, 3.05) is 13.2 Å². The van der Waals surface area contributed by atoms with Gasteiger partial charge in [-0.1, -0.05) is 0 Å². The first-order chi connectivity index (χ1) is 5.27. The molecule has 2 heteroatoms. The highest BCUT2D eigenvalue weighted by atomic mass is 16.2. The van der Waals surface area contributed by atoms with E-state index in [-0.39, 0.29) is 0 Å². The maximum atomic E-state index is 8.52. The number of hydrogen-bond acceptors (Lipinski definition) is 2. The minimum Gasteiger partial charge on any atom is -0.396 e. The minimum absolute atomic E-state index is 0.345. The second-order valence-electron chi connectivity index (χ2n) is 3.77. The molecule has 2 nitrogen and oxygen atoms in total. The zero-order valence-electron chi connectivity index (χ0n) is 7.40. The summed E-state index contributed by atoms with van der Waals surface area (Å²) in [6.07, 6.45) is 5.99. The zero-order chi connectivity index (χ0) is 8.16. The molecule has 0 spiro atoms. The van der Waals surface area contributed by atoms with Crippen molar-refractivity contribution in [1.29, 1.82) is 0 Å². The predicted octanol–water partition coefficient (Wildman–Crippen LogP) is 1.29. The smallest absolute Gasteiger partial charge is 0.0431 e. The first-order valence-electron chi connectivity index (χ1n) is 4.63. The maximum Gasteiger partial charge on any atom is 0.0431 e. The van der Waals surface area contributed by atoms with Crippen molar-refractivity contribution < 1.29 is 5.11 Å². The Kier molecular flexibility index (Phi) is 3.34. The second kappa shape index (κ2) is 4.07. The Morgan fingerprint density at radius 3 is 2.55 bits per heavy atom. The zero-order valence-corrected chi connectivity index (χ0v) is 7.40. The molecule has 66 valence electrons. The van der Waals surface area contributed by atoms with Crippen molar-refractivity contribution in [3.8, 4) is 0 Å². The van der Waals surface area contributed by atoms with Gasteiger partial charge in [0.1, 0.15) is 0 Å². The van der Waals surface area contributed by atoms with Gasteiger partial charge in [0.05, 0.1) is 0 Å². The van der Waals surface area contributed by atoms with Crippen LogP contribution in [-0.2, 0) is 0 Å². The van der Waals surface area contributed by atoms with Crippen molar-refractivity contribution in [2.24, 2.45) is 0 Å². The van der Waals surface area contributed by atoms with Crippen LogP contribution in [0.4, 0.5) is 0 Å². The molecule has 0 aromatic carbocycles. The van der Waals surface area contributed by atoms with Gasteiger partial charge in [-0.15, -0.1) is 0 Å². The van der Waals surface area contributed by atoms with E-state index in [1.165, 1.54) is 19.3 Å². The highest BCUT2D eigenvalue weighted by Crippen LogP contribution is 2.33. The van der Waals surface area contributed by atoms with Gasteiger partial charge in [-0.2, -0.15) is 0 Å². The van der Waals surface area contributed by atoms with Gasteiger partial charge in [0, 0.05) is 12.1 Å². The van der Waals surface area contributed by atoms with Crippen molar-refractivity contribution >= 4 is 0 Å². The molecule has 0 aromatic heterocycles. The van der Waals surface area contributed by atoms with E-state index in [4.69, 9.17) is 5.11 Å². The van der Waals surface area contributed by atoms with Crippen molar-refractivity contribution in [3.05, 3.63) is 0 Å². The molecule has 0 bridgehead atoms. The summed E-state index contributed by atoms with van der Waals surface area (Å²) in [6, 6.07) is 0. The molecule has 0 unspecified atom stereocenters. The van der Waals surface area contributed by atoms with Crippen molar-refractivity contribution in [2.45, 2.75) is 44.6 Å². The van der Waals surface area contributed by atoms with Crippen LogP contribution in [-0.4, -0.2) is 23.8 Å². The summed E-state index contributed by atoms with van der Waals surface area (Å²) >= 11 is 0. The molecule has 0 radical (unpaired) electrons. The van der Waals surface area contributed by atoms with Crippen LogP contribution < -0.4 is 5.32 Å². The highest BCUT2D eigenvalue weighted by molar-refractivity contribution is 4.97. The molecule has 0 aromatic rings. The van der Waals surface area contributed by atoms with E-state index in [1.807, 2.05) is 0 Å². The fourth-order valence-electron chi connectivity index (χ4n) is 1.17. The van der Waals surface area contributed by atoms with Gasteiger partial charge in [-0.05, 0) is 45.6 Å². The molecular weight excluding hydrogens is 138 g/mol. The molecule has 11 heavy (non-hydrogen) atoms. The lowest BCUT2D eigenvalue weighted by Crippen LogP contribution is -2.28. The van der Waals surface area contributed by atoms with Crippen molar-refractivity contribution in [3.63, 3.8) is 0 Å². The lowest BCUT2D eigenvalue weighted by atomic mass is 10.2. The molecule has 1 saturated carbocycles. The molecule has 1 rings (SSSR count). The van der Waals surface area contributed by atoms with Gasteiger partial charge >= 0.3 is 0 Å². The fraction of sp³-hybridized carbons (Fsp3) is 1.00. The van der Waals surface area contributed by atoms with E-state index >= 15 is 0 Å². The minimum atomic E-state index is 0.345. The normalized spacial score (nSPS) is 20.2. The summed E-state index contributed by atoms with van der Waals surface area (Å²) in [5.74, 6) is 0. The summed E-state index contributed by atoms with van der Waals surface area (Å²) < 4.78 is 0. The first kappa shape index (κ1) is 9.01. The Labute approximate surface area is 69.0 Å². The van der Waals surface area contributed by atoms with Crippen LogP contribution in [0.25, 0.3) is 0 Å². The molecule has 2 N–H and O–H groups in total. The maximum absolute atomic E-state index is 8.52. The van der Waals surface area contributed by atoms with E-state index in [1.54, 1.807) is 0 Å². The van der Waals surface area contributed by atoms with Crippen molar-refractivity contribution in [1.82, 2.24) is 5.32 Å². The largest absolute Gasteiger partial charge is 0.396 e. The fourth-order valence-corrected chi connectivity index (χ4v) is 1.17. The number of aliphatic hydroxyl groups excluding tert-OH is 1. The topological polar surface area (TPSA) is 32.3 Å². The standard InChI is InChI=1S/C9H19NO/c1-9(5-6-9)10-7-3-2-4-8-11/h10-11H,2-8H2,1H3. The van der Waals surface area contributed by atoms with Gasteiger partial charge < -0.3 is 10.4 Å². The lowest BCUT2D eigenvalue weighted by molar-refractivity contribution is 0.282. The Hall–Kier alpha value is -0.0800. The Balaban J connectivity index is 1.81. The third-order valence-corrected chi connectivity index (χ3v) is 2.39. The van der Waals surface area contributed by atoms with Crippen LogP contribution in [0.3, 0.4) is 0 Å². The number of aliphatic hydroxyl groups is 1. The molecule has 1 fully saturated rings. The summed E-state index contributed by atoms with van der Waals surface area (Å²) in [6.45, 7) is 3.74. The van der Waals surface area contributed by atoms with E-state index in [9.17, 15) is 0 Å². The number of nitrogens with one attached hydrogen (secondary N) is 1. The van der Waals surface area contributed by atoms with Gasteiger partial charge in [-0.25, -0.2) is 0 Å². The van der Waals surface area contributed by atoms with Gasteiger partial charge in [-0.3, -0.25) is 0 Å². The molecule has 0 aliphatic heterocycles. The Bertz CT molecular complexity index is 110. The Morgan fingerprint density at radius 1 is 1.27 bits per heavy atom. The highest BCUT2D eigenvalue weighted by Gasteiger charge is 2.35. The third kappa shape index (κ3) is 3.73. The number of hydrogen-bond donors (Lipinski definition) is 2. The van der Waals surface area contributed by atoms with Crippen LogP contribution >= 0.6 is 0 Å². The summed E-state index contributed by atoms with van der Waals surface area (Å²) in [4.78, 5) is 0.